The molecule has 2 heterocycles. The summed E-state index contributed by atoms with van der Waals surface area (Å²) in [6.07, 6.45) is 0. The Bertz CT molecular complexity index is 1000. The van der Waals surface area contributed by atoms with Gasteiger partial charge < -0.3 is 15.5 Å². The Morgan fingerprint density at radius 3 is 2.74 bits per heavy atom. The van der Waals surface area contributed by atoms with Gasteiger partial charge in [-0.25, -0.2) is 0 Å². The third-order valence-electron chi connectivity index (χ3n) is 3.39. The van der Waals surface area contributed by atoms with E-state index in [0.29, 0.717) is 15.6 Å². The summed E-state index contributed by atoms with van der Waals surface area (Å²) in [7, 11) is 0. The summed E-state index contributed by atoms with van der Waals surface area (Å²) in [4.78, 5) is 17.5. The molecule has 0 saturated heterocycles. The highest BCUT2D eigenvalue weighted by Gasteiger charge is 2.34. The largest absolute Gasteiger partial charge is 0.424 e. The van der Waals surface area contributed by atoms with Crippen molar-refractivity contribution in [2.24, 2.45) is 5.73 Å². The van der Waals surface area contributed by atoms with E-state index in [4.69, 9.17) is 45.9 Å². The summed E-state index contributed by atoms with van der Waals surface area (Å²) >= 11 is 17.1. The Hall–Kier alpha value is -2.27. The molecule has 0 bridgehead atoms. The van der Waals surface area contributed by atoms with Crippen molar-refractivity contribution in [1.29, 1.82) is 5.26 Å². The Labute approximate surface area is 145 Å². The molecule has 9 heteroatoms. The second-order valence-corrected chi connectivity index (χ2v) is 5.99. The lowest BCUT2D eigenvalue weighted by Gasteiger charge is -2.25. The quantitative estimate of drug-likeness (QED) is 0.672. The minimum Gasteiger partial charge on any atom is -0.424 e. The van der Waals surface area contributed by atoms with Crippen LogP contribution in [0.1, 0.15) is 17.0 Å². The van der Waals surface area contributed by atoms with Crippen LogP contribution in [0.15, 0.2) is 34.4 Å². The predicted octanol–water partition coefficient (Wildman–Crippen LogP) is 2.96. The van der Waals surface area contributed by atoms with E-state index in [2.05, 4.69) is 9.97 Å². The summed E-state index contributed by atoms with van der Waals surface area (Å²) in [5.41, 5.74) is 6.09. The van der Waals surface area contributed by atoms with Crippen LogP contribution < -0.4 is 16.0 Å². The Balaban J connectivity index is 2.36. The number of hydrogen-bond donors (Lipinski definition) is 3. The van der Waals surface area contributed by atoms with E-state index in [0.717, 1.165) is 0 Å². The maximum absolute atomic E-state index is 12.4. The minimum absolute atomic E-state index is 0.0812. The van der Waals surface area contributed by atoms with E-state index >= 15 is 0 Å². The van der Waals surface area contributed by atoms with Crippen LogP contribution in [0, 0.1) is 16.1 Å². The topological polar surface area (TPSA) is 108 Å². The van der Waals surface area contributed by atoms with E-state index in [1.54, 1.807) is 12.1 Å². The zero-order chi connectivity index (χ0) is 16.7. The lowest BCUT2D eigenvalue weighted by molar-refractivity contribution is 0.374. The number of aromatic amines is 2. The molecule has 1 aromatic carbocycles. The highest BCUT2D eigenvalue weighted by atomic mass is 35.5. The molecule has 0 fully saturated rings. The van der Waals surface area contributed by atoms with Crippen molar-refractivity contribution >= 4 is 35.4 Å². The van der Waals surface area contributed by atoms with Crippen LogP contribution in [0.25, 0.3) is 0 Å². The molecule has 1 aliphatic heterocycles. The molecule has 3 rings (SSSR count). The average Bonchev–Trinajstić information content (AvgIpc) is 2.45. The highest BCUT2D eigenvalue weighted by Crippen LogP contribution is 2.41. The van der Waals surface area contributed by atoms with Crippen LogP contribution in [-0.2, 0) is 0 Å². The fraction of sp³-hybridized carbons (Fsp3) is 0.0714. The lowest BCUT2D eigenvalue weighted by atomic mass is 9.85. The number of nitrogens with one attached hydrogen (secondary N) is 2. The van der Waals surface area contributed by atoms with Crippen molar-refractivity contribution in [2.45, 2.75) is 5.92 Å². The Morgan fingerprint density at radius 1 is 1.35 bits per heavy atom. The molecule has 2 aromatic rings. The molecule has 6 nitrogen and oxygen atoms in total. The maximum Gasteiger partial charge on any atom is 0.259 e. The summed E-state index contributed by atoms with van der Waals surface area (Å²) in [5.74, 6) is -0.817. The van der Waals surface area contributed by atoms with Crippen molar-refractivity contribution < 1.29 is 4.74 Å². The molecule has 0 amide bonds. The van der Waals surface area contributed by atoms with Gasteiger partial charge in [-0.05, 0) is 29.9 Å². The first kappa shape index (κ1) is 15.6. The molecule has 4 N–H and O–H groups in total. The van der Waals surface area contributed by atoms with Gasteiger partial charge in [0, 0.05) is 10.0 Å². The number of nitrogens with two attached hydrogens (primary N) is 1. The molecule has 1 aromatic heterocycles. The molecule has 0 radical (unpaired) electrons. The van der Waals surface area contributed by atoms with Crippen molar-refractivity contribution in [3.63, 3.8) is 0 Å². The van der Waals surface area contributed by atoms with Gasteiger partial charge in [0.05, 0.1) is 11.5 Å². The third-order valence-corrected chi connectivity index (χ3v) is 4.16. The summed E-state index contributed by atoms with van der Waals surface area (Å²) in [6.45, 7) is 0. The standard InChI is InChI=1S/C14H8Cl2N4O2S/c15-5-1-2-6(8(16)3-5)9-7(4-17)11(18)22-13-10(9)12(21)19-14(23)20-13/h1-3,9H,18H2,(H2,19,20,21,23)/t9-/m0/s1. The van der Waals surface area contributed by atoms with Gasteiger partial charge in [-0.2, -0.15) is 5.26 Å². The van der Waals surface area contributed by atoms with Crippen molar-refractivity contribution in [2.75, 3.05) is 0 Å². The van der Waals surface area contributed by atoms with Crippen LogP contribution in [-0.4, -0.2) is 9.97 Å². The van der Waals surface area contributed by atoms with Crippen LogP contribution in [0.3, 0.4) is 0 Å². The molecule has 23 heavy (non-hydrogen) atoms. The fourth-order valence-corrected chi connectivity index (χ4v) is 3.14. The molecule has 1 atom stereocenters. The van der Waals surface area contributed by atoms with E-state index < -0.39 is 11.5 Å². The summed E-state index contributed by atoms with van der Waals surface area (Å²) in [5, 5.41) is 10.2. The Morgan fingerprint density at radius 2 is 2.09 bits per heavy atom. The maximum atomic E-state index is 12.4. The molecule has 0 spiro atoms. The number of ether oxygens (including phenoxy) is 1. The minimum atomic E-state index is -0.788. The number of rotatable bonds is 1. The number of hydrogen-bond acceptors (Lipinski definition) is 5. The van der Waals surface area contributed by atoms with Gasteiger partial charge in [0.1, 0.15) is 11.6 Å². The smallest absolute Gasteiger partial charge is 0.259 e. The van der Waals surface area contributed by atoms with Crippen molar-refractivity contribution in [1.82, 2.24) is 9.97 Å². The number of benzene rings is 1. The average molecular weight is 367 g/mol. The van der Waals surface area contributed by atoms with E-state index in [9.17, 15) is 10.1 Å². The zero-order valence-corrected chi connectivity index (χ0v) is 13.6. The highest BCUT2D eigenvalue weighted by molar-refractivity contribution is 7.71. The molecule has 1 aliphatic rings. The molecule has 116 valence electrons. The number of fused-ring (bicyclic) bond motifs is 1. The number of aromatic nitrogens is 2. The van der Waals surface area contributed by atoms with E-state index in [-0.39, 0.29) is 27.7 Å². The summed E-state index contributed by atoms with van der Waals surface area (Å²) < 4.78 is 5.42. The molecular weight excluding hydrogens is 359 g/mol. The van der Waals surface area contributed by atoms with Gasteiger partial charge in [-0.15, -0.1) is 0 Å². The Kier molecular flexibility index (Phi) is 3.90. The van der Waals surface area contributed by atoms with Gasteiger partial charge in [0.2, 0.25) is 11.8 Å². The van der Waals surface area contributed by atoms with Crippen LogP contribution in [0.5, 0.6) is 5.88 Å². The normalized spacial score (nSPS) is 16.5. The fourth-order valence-electron chi connectivity index (χ4n) is 2.44. The SMILES string of the molecule is N#CC1=C(N)Oc2[nH]c(=S)[nH]c(=O)c2[C@H]1c1ccc(Cl)cc1Cl. The predicted molar refractivity (Wildman–Crippen MR) is 88.0 cm³/mol. The van der Waals surface area contributed by atoms with Crippen LogP contribution >= 0.6 is 35.4 Å². The third kappa shape index (κ3) is 2.61. The van der Waals surface area contributed by atoms with Gasteiger partial charge >= 0.3 is 0 Å². The van der Waals surface area contributed by atoms with Crippen molar-refractivity contribution in [3.05, 3.63) is 66.0 Å². The van der Waals surface area contributed by atoms with E-state index in [1.165, 1.54) is 6.07 Å². The monoisotopic (exact) mass is 366 g/mol. The van der Waals surface area contributed by atoms with Crippen LogP contribution in [0.4, 0.5) is 0 Å². The molecule has 0 saturated carbocycles. The van der Waals surface area contributed by atoms with Crippen LogP contribution in [0.2, 0.25) is 10.0 Å². The van der Waals surface area contributed by atoms with Gasteiger partial charge in [0.25, 0.3) is 5.56 Å². The number of nitrogens with zero attached hydrogens (tertiary/aromatic N) is 1. The van der Waals surface area contributed by atoms with Gasteiger partial charge in [-0.1, -0.05) is 29.3 Å². The number of allylic oxidation sites excluding steroid dienone is 1. The first-order valence-corrected chi connectivity index (χ1v) is 7.47. The van der Waals surface area contributed by atoms with Gasteiger partial charge in [0.15, 0.2) is 4.77 Å². The first-order chi connectivity index (χ1) is 10.9. The van der Waals surface area contributed by atoms with E-state index in [1.807, 2.05) is 6.07 Å². The zero-order valence-electron chi connectivity index (χ0n) is 11.3. The molecule has 0 unspecified atom stereocenters. The number of nitriles is 1. The second-order valence-electron chi connectivity index (χ2n) is 4.74. The second kappa shape index (κ2) is 5.74. The lowest BCUT2D eigenvalue weighted by Crippen LogP contribution is -2.28. The number of H-pyrrole nitrogens is 2. The van der Waals surface area contributed by atoms with Gasteiger partial charge in [-0.3, -0.25) is 9.78 Å². The first-order valence-electron chi connectivity index (χ1n) is 6.31. The summed E-state index contributed by atoms with van der Waals surface area (Å²) in [6, 6.07) is 6.75. The molecular formula is C14H8Cl2N4O2S. The number of halogens is 2. The van der Waals surface area contributed by atoms with Crippen molar-refractivity contribution in [3.8, 4) is 11.9 Å². The molecule has 0 aliphatic carbocycles.